The summed E-state index contributed by atoms with van der Waals surface area (Å²) in [6.45, 7) is 0.554. The minimum absolute atomic E-state index is 0. The molecule has 5 unspecified atom stereocenters. The van der Waals surface area contributed by atoms with Crippen molar-refractivity contribution in [3.8, 4) is 5.75 Å². The van der Waals surface area contributed by atoms with Crippen molar-refractivity contribution < 1.29 is 9.53 Å². The number of para-hydroxylation sites is 1. The minimum Gasteiger partial charge on any atom is -0.491 e. The minimum atomic E-state index is 0. The van der Waals surface area contributed by atoms with Crippen LogP contribution in [0.3, 0.4) is 0 Å². The first kappa shape index (κ1) is 15.6. The van der Waals surface area contributed by atoms with E-state index in [1.807, 2.05) is 18.2 Å². The van der Waals surface area contributed by atoms with Crippen molar-refractivity contribution in [2.75, 3.05) is 6.61 Å². The molecule has 2 bridgehead atoms. The van der Waals surface area contributed by atoms with E-state index in [9.17, 15) is 4.79 Å². The zero-order valence-electron chi connectivity index (χ0n) is 12.5. The number of hydrogen-bond donors (Lipinski definition) is 2. The summed E-state index contributed by atoms with van der Waals surface area (Å²) >= 11 is 0. The summed E-state index contributed by atoms with van der Waals surface area (Å²) < 4.78 is 5.74. The molecule has 2 aliphatic carbocycles. The number of ether oxygens (including phenoxy) is 1. The number of nitrogens with one attached hydrogen (secondary N) is 1. The molecule has 3 N–H and O–H groups in total. The Morgan fingerprint density at radius 1 is 1.23 bits per heavy atom. The van der Waals surface area contributed by atoms with E-state index in [-0.39, 0.29) is 36.3 Å². The zero-order chi connectivity index (χ0) is 14.4. The van der Waals surface area contributed by atoms with Gasteiger partial charge < -0.3 is 15.8 Å². The van der Waals surface area contributed by atoms with Gasteiger partial charge in [0.1, 0.15) is 12.4 Å². The monoisotopic (exact) mass is 322 g/mol. The second-order valence-corrected chi connectivity index (χ2v) is 6.76. The average Bonchev–Trinajstić information content (AvgIpc) is 3.08. The van der Waals surface area contributed by atoms with E-state index in [2.05, 4.69) is 11.4 Å². The number of carbonyl (C=O) groups excluding carboxylic acids is 1. The van der Waals surface area contributed by atoms with Gasteiger partial charge in [-0.25, -0.2) is 0 Å². The highest BCUT2D eigenvalue weighted by Gasteiger charge is 2.49. The summed E-state index contributed by atoms with van der Waals surface area (Å²) in [4.78, 5) is 12.6. The van der Waals surface area contributed by atoms with Gasteiger partial charge in [-0.2, -0.15) is 0 Å². The van der Waals surface area contributed by atoms with E-state index in [1.165, 1.54) is 18.4 Å². The molecule has 5 atom stereocenters. The standard InChI is InChI=1S/C17H22N2O2.ClH/c18-16-12-6-5-11(7-12)15(16)17(20)19-13-8-10-3-1-2-4-14(10)21-9-13;/h1-4,11-13,15-16H,5-9,18H2,(H,19,20);1H. The second-order valence-electron chi connectivity index (χ2n) is 6.76. The zero-order valence-corrected chi connectivity index (χ0v) is 13.4. The molecule has 1 aromatic carbocycles. The van der Waals surface area contributed by atoms with Gasteiger partial charge in [0.15, 0.2) is 0 Å². The summed E-state index contributed by atoms with van der Waals surface area (Å²) in [7, 11) is 0. The molecule has 1 aliphatic heterocycles. The Kier molecular flexibility index (Phi) is 4.33. The van der Waals surface area contributed by atoms with Crippen LogP contribution in [0.25, 0.3) is 0 Å². The van der Waals surface area contributed by atoms with Crippen molar-refractivity contribution in [2.24, 2.45) is 23.5 Å². The lowest BCUT2D eigenvalue weighted by Gasteiger charge is -2.31. The third-order valence-electron chi connectivity index (χ3n) is 5.51. The molecule has 0 radical (unpaired) electrons. The average molecular weight is 323 g/mol. The molecule has 22 heavy (non-hydrogen) atoms. The highest BCUT2D eigenvalue weighted by molar-refractivity contribution is 5.85. The number of halogens is 1. The van der Waals surface area contributed by atoms with Gasteiger partial charge >= 0.3 is 0 Å². The third kappa shape index (κ3) is 2.59. The van der Waals surface area contributed by atoms with Crippen molar-refractivity contribution in [2.45, 2.75) is 37.8 Å². The Labute approximate surface area is 137 Å². The molecule has 4 rings (SSSR count). The van der Waals surface area contributed by atoms with Crippen molar-refractivity contribution in [1.29, 1.82) is 0 Å². The number of carbonyl (C=O) groups is 1. The number of benzene rings is 1. The number of rotatable bonds is 2. The fourth-order valence-corrected chi connectivity index (χ4v) is 4.44. The molecule has 2 fully saturated rings. The first-order valence-corrected chi connectivity index (χ1v) is 7.99. The number of nitrogens with two attached hydrogens (primary N) is 1. The Bertz CT molecular complexity index is 563. The van der Waals surface area contributed by atoms with E-state index in [0.717, 1.165) is 18.6 Å². The number of fused-ring (bicyclic) bond motifs is 3. The molecule has 0 spiro atoms. The summed E-state index contributed by atoms with van der Waals surface area (Å²) in [5.41, 5.74) is 7.43. The highest BCUT2D eigenvalue weighted by atomic mass is 35.5. The van der Waals surface area contributed by atoms with Gasteiger partial charge in [-0.15, -0.1) is 12.4 Å². The van der Waals surface area contributed by atoms with Crippen LogP contribution in [0.1, 0.15) is 24.8 Å². The maximum atomic E-state index is 12.6. The van der Waals surface area contributed by atoms with E-state index in [0.29, 0.717) is 18.4 Å². The van der Waals surface area contributed by atoms with E-state index in [4.69, 9.17) is 10.5 Å². The maximum Gasteiger partial charge on any atom is 0.225 e. The molecular weight excluding hydrogens is 300 g/mol. The number of amides is 1. The molecule has 3 aliphatic rings. The van der Waals surface area contributed by atoms with Crippen molar-refractivity contribution in [3.63, 3.8) is 0 Å². The fraction of sp³-hybridized carbons (Fsp3) is 0.588. The molecular formula is C17H23ClN2O2. The summed E-state index contributed by atoms with van der Waals surface area (Å²) in [5.74, 6) is 2.17. The SMILES string of the molecule is Cl.NC1C2CCC(C2)C1C(=O)NC1COc2ccccc2C1. The molecule has 2 saturated carbocycles. The van der Waals surface area contributed by atoms with Crippen molar-refractivity contribution in [1.82, 2.24) is 5.32 Å². The molecule has 120 valence electrons. The molecule has 0 aromatic heterocycles. The summed E-state index contributed by atoms with van der Waals surface area (Å²) in [5, 5.41) is 3.17. The van der Waals surface area contributed by atoms with Crippen molar-refractivity contribution >= 4 is 18.3 Å². The first-order valence-electron chi connectivity index (χ1n) is 7.99. The normalized spacial score (nSPS) is 35.2. The van der Waals surface area contributed by atoms with Gasteiger partial charge in [0.25, 0.3) is 0 Å². The lowest BCUT2D eigenvalue weighted by Crippen LogP contribution is -2.50. The summed E-state index contributed by atoms with van der Waals surface area (Å²) in [6.07, 6.45) is 4.36. The van der Waals surface area contributed by atoms with E-state index in [1.54, 1.807) is 0 Å². The molecule has 1 aromatic rings. The van der Waals surface area contributed by atoms with Crippen LogP contribution in [0.2, 0.25) is 0 Å². The van der Waals surface area contributed by atoms with E-state index < -0.39 is 0 Å². The predicted molar refractivity (Wildman–Crippen MR) is 87.1 cm³/mol. The number of hydrogen-bond acceptors (Lipinski definition) is 3. The quantitative estimate of drug-likeness (QED) is 0.874. The van der Waals surface area contributed by atoms with Gasteiger partial charge in [0, 0.05) is 6.04 Å². The van der Waals surface area contributed by atoms with Crippen LogP contribution in [0.5, 0.6) is 5.75 Å². The largest absolute Gasteiger partial charge is 0.491 e. The molecule has 0 saturated heterocycles. The first-order chi connectivity index (χ1) is 10.2. The Hall–Kier alpha value is -1.26. The second kappa shape index (κ2) is 6.09. The Balaban J connectivity index is 0.00000144. The van der Waals surface area contributed by atoms with Gasteiger partial charge in [-0.05, 0) is 49.1 Å². The summed E-state index contributed by atoms with van der Waals surface area (Å²) in [6, 6.07) is 8.17. The van der Waals surface area contributed by atoms with Gasteiger partial charge in [-0.1, -0.05) is 18.2 Å². The van der Waals surface area contributed by atoms with Gasteiger partial charge in [0.2, 0.25) is 5.91 Å². The lowest BCUT2D eigenvalue weighted by atomic mass is 9.84. The topological polar surface area (TPSA) is 64.4 Å². The molecule has 4 nitrogen and oxygen atoms in total. The van der Waals surface area contributed by atoms with Crippen LogP contribution in [-0.4, -0.2) is 24.6 Å². The Morgan fingerprint density at radius 3 is 2.77 bits per heavy atom. The van der Waals surface area contributed by atoms with Crippen LogP contribution in [0, 0.1) is 17.8 Å². The van der Waals surface area contributed by atoms with Crippen LogP contribution < -0.4 is 15.8 Å². The smallest absolute Gasteiger partial charge is 0.225 e. The lowest BCUT2D eigenvalue weighted by molar-refractivity contribution is -0.128. The Morgan fingerprint density at radius 2 is 2.00 bits per heavy atom. The molecule has 1 heterocycles. The molecule has 1 amide bonds. The van der Waals surface area contributed by atoms with E-state index >= 15 is 0 Å². The fourth-order valence-electron chi connectivity index (χ4n) is 4.44. The van der Waals surface area contributed by atoms with Crippen LogP contribution >= 0.6 is 12.4 Å². The van der Waals surface area contributed by atoms with Gasteiger partial charge in [-0.3, -0.25) is 4.79 Å². The van der Waals surface area contributed by atoms with Crippen LogP contribution in [-0.2, 0) is 11.2 Å². The van der Waals surface area contributed by atoms with Crippen molar-refractivity contribution in [3.05, 3.63) is 29.8 Å². The van der Waals surface area contributed by atoms with Gasteiger partial charge in [0.05, 0.1) is 12.0 Å². The maximum absolute atomic E-state index is 12.6. The predicted octanol–water partition coefficient (Wildman–Crippen LogP) is 1.90. The molecule has 5 heteroatoms. The highest BCUT2D eigenvalue weighted by Crippen LogP contribution is 2.47. The van der Waals surface area contributed by atoms with Crippen LogP contribution in [0.15, 0.2) is 24.3 Å². The van der Waals surface area contributed by atoms with Crippen LogP contribution in [0.4, 0.5) is 0 Å². The third-order valence-corrected chi connectivity index (χ3v) is 5.51.